The van der Waals surface area contributed by atoms with Gasteiger partial charge in [-0.1, -0.05) is 30.3 Å². The van der Waals surface area contributed by atoms with Crippen molar-refractivity contribution in [3.8, 4) is 0 Å². The van der Waals surface area contributed by atoms with Crippen LogP contribution in [0.15, 0.2) is 54.6 Å². The minimum absolute atomic E-state index is 0.0225. The first-order valence-corrected chi connectivity index (χ1v) is 9.91. The summed E-state index contributed by atoms with van der Waals surface area (Å²) in [4.78, 5) is 25.2. The first-order chi connectivity index (χ1) is 13.8. The van der Waals surface area contributed by atoms with Crippen LogP contribution in [0.25, 0.3) is 0 Å². The summed E-state index contributed by atoms with van der Waals surface area (Å²) in [6.45, 7) is 1.83. The summed E-state index contributed by atoms with van der Waals surface area (Å²) in [6.07, 6.45) is 0.647. The highest BCUT2D eigenvalue weighted by molar-refractivity contribution is 7.80. The normalized spacial score (nSPS) is 10.4. The topological polar surface area (TPSA) is 84.2 Å². The summed E-state index contributed by atoms with van der Waals surface area (Å²) in [6, 6.07) is 14.9. The summed E-state index contributed by atoms with van der Waals surface area (Å²) in [7, 11) is 0. The fourth-order valence-corrected chi connectivity index (χ4v) is 4.31. The standard InChI is InChI=1S/C21H18FN3O2S2/c1-12-16(11-13-5-3-2-4-6-13)29-20(17(12)18(23)26)25-21(28)24-19(27)14-7-9-15(22)10-8-14/h2-10H,11H2,1H3,(H2,23,26)(H2,24,25,27,28). The average molecular weight is 428 g/mol. The molecule has 1 heterocycles. The second-order valence-corrected chi connectivity index (χ2v) is 7.81. The van der Waals surface area contributed by atoms with Crippen molar-refractivity contribution in [3.63, 3.8) is 0 Å². The van der Waals surface area contributed by atoms with Crippen LogP contribution in [0.1, 0.15) is 36.7 Å². The van der Waals surface area contributed by atoms with Gasteiger partial charge >= 0.3 is 0 Å². The van der Waals surface area contributed by atoms with E-state index in [0.29, 0.717) is 17.0 Å². The number of carbonyl (C=O) groups excluding carboxylic acids is 2. The fraction of sp³-hybridized carbons (Fsp3) is 0.0952. The molecule has 0 unspecified atom stereocenters. The Morgan fingerprint density at radius 1 is 1.10 bits per heavy atom. The lowest BCUT2D eigenvalue weighted by Gasteiger charge is -2.09. The zero-order chi connectivity index (χ0) is 21.0. The Morgan fingerprint density at radius 3 is 2.38 bits per heavy atom. The number of primary amides is 1. The van der Waals surface area contributed by atoms with Crippen molar-refractivity contribution in [1.29, 1.82) is 0 Å². The van der Waals surface area contributed by atoms with Gasteiger partial charge in [-0.15, -0.1) is 11.3 Å². The number of amides is 2. The molecule has 0 spiro atoms. The first-order valence-electron chi connectivity index (χ1n) is 8.69. The van der Waals surface area contributed by atoms with Crippen LogP contribution in [-0.4, -0.2) is 16.9 Å². The summed E-state index contributed by atoms with van der Waals surface area (Å²) in [5.74, 6) is -1.50. The molecule has 0 atom stereocenters. The molecule has 3 aromatic rings. The van der Waals surface area contributed by atoms with E-state index in [1.165, 1.54) is 35.6 Å². The molecule has 0 aliphatic carbocycles. The fourth-order valence-electron chi connectivity index (χ4n) is 2.81. The predicted molar refractivity (Wildman–Crippen MR) is 117 cm³/mol. The van der Waals surface area contributed by atoms with E-state index in [-0.39, 0.29) is 10.7 Å². The van der Waals surface area contributed by atoms with E-state index in [9.17, 15) is 14.0 Å². The van der Waals surface area contributed by atoms with E-state index in [0.717, 1.165) is 16.0 Å². The van der Waals surface area contributed by atoms with Crippen LogP contribution in [0.4, 0.5) is 9.39 Å². The zero-order valence-electron chi connectivity index (χ0n) is 15.5. The molecule has 2 amide bonds. The van der Waals surface area contributed by atoms with Crippen LogP contribution in [0, 0.1) is 12.7 Å². The second-order valence-electron chi connectivity index (χ2n) is 6.30. The van der Waals surface area contributed by atoms with E-state index < -0.39 is 17.6 Å². The van der Waals surface area contributed by atoms with Crippen LogP contribution >= 0.6 is 23.6 Å². The zero-order valence-corrected chi connectivity index (χ0v) is 17.1. The van der Waals surface area contributed by atoms with Gasteiger partial charge in [0.2, 0.25) is 0 Å². The highest BCUT2D eigenvalue weighted by Crippen LogP contribution is 2.34. The van der Waals surface area contributed by atoms with Crippen molar-refractivity contribution in [1.82, 2.24) is 5.32 Å². The van der Waals surface area contributed by atoms with Gasteiger partial charge in [0.15, 0.2) is 5.11 Å². The highest BCUT2D eigenvalue weighted by Gasteiger charge is 2.20. The summed E-state index contributed by atoms with van der Waals surface area (Å²) < 4.78 is 13.0. The van der Waals surface area contributed by atoms with Gasteiger partial charge in [0.25, 0.3) is 11.8 Å². The van der Waals surface area contributed by atoms with Crippen LogP contribution in [0.2, 0.25) is 0 Å². The second kappa shape index (κ2) is 8.93. The maximum Gasteiger partial charge on any atom is 0.257 e. The number of rotatable bonds is 5. The van der Waals surface area contributed by atoms with Gasteiger partial charge in [0.05, 0.1) is 5.56 Å². The molecule has 0 saturated carbocycles. The molecular formula is C21H18FN3O2S2. The smallest absolute Gasteiger partial charge is 0.257 e. The van der Waals surface area contributed by atoms with E-state index in [2.05, 4.69) is 10.6 Å². The molecule has 0 aliphatic heterocycles. The van der Waals surface area contributed by atoms with Gasteiger partial charge in [0.1, 0.15) is 10.8 Å². The first kappa shape index (κ1) is 20.6. The molecule has 1 aromatic heterocycles. The number of hydrogen-bond donors (Lipinski definition) is 3. The number of hydrogen-bond acceptors (Lipinski definition) is 4. The number of halogens is 1. The third-order valence-electron chi connectivity index (χ3n) is 4.26. The van der Waals surface area contributed by atoms with Crippen molar-refractivity contribution in [3.05, 3.63) is 87.5 Å². The maximum absolute atomic E-state index is 13.0. The lowest BCUT2D eigenvalue weighted by atomic mass is 10.1. The van der Waals surface area contributed by atoms with E-state index in [1.54, 1.807) is 0 Å². The third kappa shape index (κ3) is 5.04. The minimum atomic E-state index is -0.576. The number of anilines is 1. The van der Waals surface area contributed by atoms with E-state index in [4.69, 9.17) is 18.0 Å². The SMILES string of the molecule is Cc1c(Cc2ccccc2)sc(NC(=S)NC(=O)c2ccc(F)cc2)c1C(N)=O. The Bertz CT molecular complexity index is 1060. The molecule has 0 aliphatic rings. The highest BCUT2D eigenvalue weighted by atomic mass is 32.1. The Kier molecular flexibility index (Phi) is 6.36. The lowest BCUT2D eigenvalue weighted by molar-refractivity contribution is 0.0975. The van der Waals surface area contributed by atoms with Gasteiger partial charge < -0.3 is 11.1 Å². The molecule has 3 rings (SSSR count). The van der Waals surface area contributed by atoms with Crippen molar-refractivity contribution >= 4 is 45.5 Å². The quantitative estimate of drug-likeness (QED) is 0.537. The van der Waals surface area contributed by atoms with Gasteiger partial charge in [-0.05, 0) is 54.5 Å². The monoisotopic (exact) mass is 427 g/mol. The predicted octanol–water partition coefficient (Wildman–Crippen LogP) is 4.01. The largest absolute Gasteiger partial charge is 0.365 e. The number of benzene rings is 2. The number of thiocarbonyl (C=S) groups is 1. The minimum Gasteiger partial charge on any atom is -0.365 e. The molecule has 0 saturated heterocycles. The summed E-state index contributed by atoms with van der Waals surface area (Å²) in [5.41, 5.74) is 8.06. The number of thiophene rings is 1. The lowest BCUT2D eigenvalue weighted by Crippen LogP contribution is -2.34. The average Bonchev–Trinajstić information content (AvgIpc) is 2.97. The van der Waals surface area contributed by atoms with Crippen molar-refractivity contribution in [2.45, 2.75) is 13.3 Å². The van der Waals surface area contributed by atoms with Crippen molar-refractivity contribution < 1.29 is 14.0 Å². The molecule has 5 nitrogen and oxygen atoms in total. The summed E-state index contributed by atoms with van der Waals surface area (Å²) >= 11 is 6.57. The molecule has 0 bridgehead atoms. The molecule has 4 N–H and O–H groups in total. The van der Waals surface area contributed by atoms with E-state index >= 15 is 0 Å². The van der Waals surface area contributed by atoms with Gasteiger partial charge in [-0.25, -0.2) is 4.39 Å². The summed E-state index contributed by atoms with van der Waals surface area (Å²) in [5, 5.41) is 5.92. The van der Waals surface area contributed by atoms with Crippen LogP contribution in [0.5, 0.6) is 0 Å². The Labute approximate surface area is 176 Å². The number of carbonyl (C=O) groups is 2. The van der Waals surface area contributed by atoms with Crippen LogP contribution < -0.4 is 16.4 Å². The molecule has 2 aromatic carbocycles. The maximum atomic E-state index is 13.0. The van der Waals surface area contributed by atoms with Gasteiger partial charge in [-0.3, -0.25) is 14.9 Å². The number of nitrogens with two attached hydrogens (primary N) is 1. The third-order valence-corrected chi connectivity index (χ3v) is 5.67. The Hall–Kier alpha value is -3.10. The molecular weight excluding hydrogens is 409 g/mol. The molecule has 0 radical (unpaired) electrons. The molecule has 8 heteroatoms. The van der Waals surface area contributed by atoms with E-state index in [1.807, 2.05) is 37.3 Å². The van der Waals surface area contributed by atoms with Crippen LogP contribution in [0.3, 0.4) is 0 Å². The van der Waals surface area contributed by atoms with Gasteiger partial charge in [0, 0.05) is 16.9 Å². The van der Waals surface area contributed by atoms with Crippen molar-refractivity contribution in [2.24, 2.45) is 5.73 Å². The molecule has 29 heavy (non-hydrogen) atoms. The Balaban J connectivity index is 1.77. The molecule has 0 fully saturated rings. The van der Waals surface area contributed by atoms with Crippen molar-refractivity contribution in [2.75, 3.05) is 5.32 Å². The van der Waals surface area contributed by atoms with Gasteiger partial charge in [-0.2, -0.15) is 0 Å². The molecule has 148 valence electrons. The Morgan fingerprint density at radius 2 is 1.76 bits per heavy atom. The van der Waals surface area contributed by atoms with Crippen LogP contribution in [-0.2, 0) is 6.42 Å². The number of nitrogens with one attached hydrogen (secondary N) is 2.